The smallest absolute Gasteiger partial charge is 0.261 e. The van der Waals surface area contributed by atoms with Crippen LogP contribution in [-0.2, 0) is 13.1 Å². The largest absolute Gasteiger partial charge is 0.347 e. The quantitative estimate of drug-likeness (QED) is 0.554. The number of nitrogens with zero attached hydrogens (tertiary/aromatic N) is 2. The minimum Gasteiger partial charge on any atom is -0.347 e. The number of carbonyl (C=O) groups is 1. The van der Waals surface area contributed by atoms with Crippen LogP contribution in [0, 0.1) is 12.7 Å². The molecule has 0 radical (unpaired) electrons. The Morgan fingerprint density at radius 1 is 1.19 bits per heavy atom. The van der Waals surface area contributed by atoms with Crippen LogP contribution in [0.25, 0.3) is 10.1 Å². The first-order valence-corrected chi connectivity index (χ1v) is 9.43. The van der Waals surface area contributed by atoms with E-state index in [9.17, 15) is 9.18 Å². The zero-order valence-corrected chi connectivity index (χ0v) is 15.6. The van der Waals surface area contributed by atoms with Crippen molar-refractivity contribution >= 4 is 27.3 Å². The van der Waals surface area contributed by atoms with Gasteiger partial charge in [-0.1, -0.05) is 30.3 Å². The highest BCUT2D eigenvalue weighted by molar-refractivity contribution is 7.21. The van der Waals surface area contributed by atoms with Gasteiger partial charge in [-0.25, -0.2) is 9.37 Å². The molecule has 2 aromatic heterocycles. The lowest BCUT2D eigenvalue weighted by Gasteiger charge is -2.07. The Morgan fingerprint density at radius 2 is 1.96 bits per heavy atom. The van der Waals surface area contributed by atoms with E-state index in [1.165, 1.54) is 23.0 Å². The molecule has 6 heteroatoms. The highest BCUT2D eigenvalue weighted by Crippen LogP contribution is 2.32. The van der Waals surface area contributed by atoms with Crippen molar-refractivity contribution in [3.05, 3.63) is 88.6 Å². The number of hydrogen-bond donors (Lipinski definition) is 1. The fourth-order valence-electron chi connectivity index (χ4n) is 3.09. The Morgan fingerprint density at radius 3 is 2.67 bits per heavy atom. The maximum Gasteiger partial charge on any atom is 0.261 e. The maximum absolute atomic E-state index is 14.0. The van der Waals surface area contributed by atoms with Gasteiger partial charge in [-0.15, -0.1) is 11.3 Å². The number of benzene rings is 2. The van der Waals surface area contributed by atoms with E-state index in [2.05, 4.69) is 10.3 Å². The predicted molar refractivity (Wildman–Crippen MR) is 105 cm³/mol. The van der Waals surface area contributed by atoms with Gasteiger partial charge in [0.05, 0.1) is 11.2 Å². The first-order chi connectivity index (χ1) is 13.1. The molecule has 0 aliphatic heterocycles. The lowest BCUT2D eigenvalue weighted by molar-refractivity contribution is 0.0954. The van der Waals surface area contributed by atoms with Crippen molar-refractivity contribution in [2.24, 2.45) is 0 Å². The Labute approximate surface area is 160 Å². The van der Waals surface area contributed by atoms with Crippen molar-refractivity contribution in [1.29, 1.82) is 0 Å². The van der Waals surface area contributed by atoms with Gasteiger partial charge < -0.3 is 9.88 Å². The summed E-state index contributed by atoms with van der Waals surface area (Å²) < 4.78 is 16.8. The summed E-state index contributed by atoms with van der Waals surface area (Å²) in [5.74, 6) is -0.454. The Balaban J connectivity index is 1.43. The van der Waals surface area contributed by atoms with Crippen molar-refractivity contribution in [3.8, 4) is 0 Å². The molecule has 1 amide bonds. The van der Waals surface area contributed by atoms with E-state index >= 15 is 0 Å². The van der Waals surface area contributed by atoms with E-state index < -0.39 is 0 Å². The monoisotopic (exact) mass is 379 g/mol. The van der Waals surface area contributed by atoms with Crippen molar-refractivity contribution in [2.75, 3.05) is 0 Å². The average molecular weight is 379 g/mol. The summed E-state index contributed by atoms with van der Waals surface area (Å²) in [6.07, 6.45) is 5.46. The lowest BCUT2D eigenvalue weighted by Crippen LogP contribution is -2.22. The molecule has 0 bridgehead atoms. The summed E-state index contributed by atoms with van der Waals surface area (Å²) in [4.78, 5) is 17.2. The molecule has 0 atom stereocenters. The van der Waals surface area contributed by atoms with Crippen LogP contribution in [0.3, 0.4) is 0 Å². The summed E-state index contributed by atoms with van der Waals surface area (Å²) in [6, 6.07) is 13.0. The van der Waals surface area contributed by atoms with Gasteiger partial charge in [0.15, 0.2) is 0 Å². The van der Waals surface area contributed by atoms with Crippen LogP contribution >= 0.6 is 11.3 Å². The number of thiophene rings is 1. The second-order valence-electron chi connectivity index (χ2n) is 6.40. The van der Waals surface area contributed by atoms with Gasteiger partial charge in [-0.3, -0.25) is 4.79 Å². The molecule has 27 heavy (non-hydrogen) atoms. The third-order valence-corrected chi connectivity index (χ3v) is 5.77. The number of rotatable bonds is 5. The molecule has 2 heterocycles. The summed E-state index contributed by atoms with van der Waals surface area (Å²) >= 11 is 1.33. The van der Waals surface area contributed by atoms with E-state index in [1.807, 2.05) is 41.1 Å². The molecule has 4 rings (SSSR count). The third kappa shape index (κ3) is 3.61. The number of amides is 1. The molecule has 0 fully saturated rings. The molecule has 136 valence electrons. The Hall–Kier alpha value is -2.99. The summed E-state index contributed by atoms with van der Waals surface area (Å²) in [7, 11) is 0. The van der Waals surface area contributed by atoms with Crippen LogP contribution < -0.4 is 5.32 Å². The van der Waals surface area contributed by atoms with Crippen LogP contribution in [0.2, 0.25) is 0 Å². The Bertz CT molecular complexity index is 1080. The molecule has 0 unspecified atom stereocenters. The zero-order chi connectivity index (χ0) is 18.8. The average Bonchev–Trinajstić information content (AvgIpc) is 3.29. The summed E-state index contributed by atoms with van der Waals surface area (Å²) in [6.45, 7) is 2.99. The number of aryl methyl sites for hydroxylation is 1. The minimum absolute atomic E-state index is 0.171. The normalized spacial score (nSPS) is 11.0. The molecule has 0 saturated heterocycles. The van der Waals surface area contributed by atoms with Gasteiger partial charge in [0, 0.05) is 35.6 Å². The summed E-state index contributed by atoms with van der Waals surface area (Å²) in [5.41, 5.74) is 2.88. The first kappa shape index (κ1) is 17.4. The number of fused-ring (bicyclic) bond motifs is 1. The fourth-order valence-corrected chi connectivity index (χ4v) is 4.23. The van der Waals surface area contributed by atoms with Crippen molar-refractivity contribution in [1.82, 2.24) is 14.9 Å². The third-order valence-electron chi connectivity index (χ3n) is 4.51. The van der Waals surface area contributed by atoms with Crippen molar-refractivity contribution < 1.29 is 9.18 Å². The molecular formula is C21H18FN3OS. The van der Waals surface area contributed by atoms with Crippen LogP contribution in [0.5, 0.6) is 0 Å². The van der Waals surface area contributed by atoms with Crippen molar-refractivity contribution in [2.45, 2.75) is 20.0 Å². The molecule has 2 aromatic carbocycles. The van der Waals surface area contributed by atoms with E-state index in [0.717, 1.165) is 16.8 Å². The van der Waals surface area contributed by atoms with Gasteiger partial charge in [0.1, 0.15) is 5.82 Å². The van der Waals surface area contributed by atoms with Gasteiger partial charge in [-0.2, -0.15) is 0 Å². The van der Waals surface area contributed by atoms with E-state index in [1.54, 1.807) is 25.5 Å². The second-order valence-corrected chi connectivity index (χ2v) is 7.46. The van der Waals surface area contributed by atoms with Gasteiger partial charge in [0.2, 0.25) is 0 Å². The maximum atomic E-state index is 14.0. The number of aromatic nitrogens is 2. The number of halogens is 1. The number of nitrogens with one attached hydrogen (secondary N) is 1. The molecule has 0 aliphatic rings. The van der Waals surface area contributed by atoms with Gasteiger partial charge >= 0.3 is 0 Å². The molecule has 0 spiro atoms. The first-order valence-electron chi connectivity index (χ1n) is 8.61. The van der Waals surface area contributed by atoms with E-state index in [4.69, 9.17) is 0 Å². The van der Waals surface area contributed by atoms with Crippen LogP contribution in [0.4, 0.5) is 4.39 Å². The fraction of sp³-hybridized carbons (Fsp3) is 0.143. The lowest BCUT2D eigenvalue weighted by atomic mass is 10.1. The molecule has 1 N–H and O–H groups in total. The summed E-state index contributed by atoms with van der Waals surface area (Å²) in [5, 5.41) is 3.47. The SMILES string of the molecule is Cc1c(C(=O)NCc2ccc(Cn3ccnc3)cc2)sc2cccc(F)c12. The number of hydrogen-bond acceptors (Lipinski definition) is 3. The van der Waals surface area contributed by atoms with Gasteiger partial charge in [0.25, 0.3) is 5.91 Å². The topological polar surface area (TPSA) is 46.9 Å². The molecule has 4 nitrogen and oxygen atoms in total. The zero-order valence-electron chi connectivity index (χ0n) is 14.8. The van der Waals surface area contributed by atoms with Crippen LogP contribution in [0.15, 0.2) is 61.2 Å². The van der Waals surface area contributed by atoms with E-state index in [-0.39, 0.29) is 11.7 Å². The molecule has 0 saturated carbocycles. The molecular weight excluding hydrogens is 361 g/mol. The highest BCUT2D eigenvalue weighted by Gasteiger charge is 2.17. The number of carbonyl (C=O) groups excluding carboxylic acids is 1. The van der Waals surface area contributed by atoms with Crippen LogP contribution in [0.1, 0.15) is 26.4 Å². The van der Waals surface area contributed by atoms with Crippen LogP contribution in [-0.4, -0.2) is 15.5 Å². The molecule has 0 aliphatic carbocycles. The minimum atomic E-state index is -0.284. The number of imidazole rings is 1. The Kier molecular flexibility index (Phi) is 4.73. The second kappa shape index (κ2) is 7.32. The van der Waals surface area contributed by atoms with E-state index in [0.29, 0.717) is 22.4 Å². The standard InChI is InChI=1S/C21H18FN3OS/c1-14-19-17(22)3-2-4-18(19)27-20(14)21(26)24-11-15-5-7-16(8-6-15)12-25-10-9-23-13-25/h2-10,13H,11-12H2,1H3,(H,24,26). The van der Waals surface area contributed by atoms with Gasteiger partial charge in [-0.05, 0) is 35.7 Å². The predicted octanol–water partition coefficient (Wildman–Crippen LogP) is 4.52. The highest BCUT2D eigenvalue weighted by atomic mass is 32.1. The van der Waals surface area contributed by atoms with Crippen molar-refractivity contribution in [3.63, 3.8) is 0 Å². The molecule has 4 aromatic rings.